The van der Waals surface area contributed by atoms with Crippen LogP contribution in [0.15, 0.2) is 6.07 Å². The van der Waals surface area contributed by atoms with E-state index in [1.54, 1.807) is 4.52 Å². The molecule has 0 aliphatic heterocycles. The molecule has 0 atom stereocenters. The smallest absolute Gasteiger partial charge is 0.252 e. The Morgan fingerprint density at radius 1 is 1.19 bits per heavy atom. The second-order valence-corrected chi connectivity index (χ2v) is 6.93. The molecule has 0 fully saturated rings. The number of rotatable bonds is 4. The first-order valence-electron chi connectivity index (χ1n) is 9.01. The predicted octanol–water partition coefficient (Wildman–Crippen LogP) is 1.21. The van der Waals surface area contributed by atoms with E-state index in [-0.39, 0.29) is 12.3 Å². The molecule has 3 aromatic rings. The van der Waals surface area contributed by atoms with E-state index in [1.165, 1.54) is 24.1 Å². The fraction of sp³-hybridized carbons (Fsp3) is 0.500. The summed E-state index contributed by atoms with van der Waals surface area (Å²) in [5.41, 5.74) is 5.43. The van der Waals surface area contributed by atoms with E-state index in [4.69, 9.17) is 0 Å². The number of nitrogens with zero attached hydrogens (tertiary/aromatic N) is 6. The van der Waals surface area contributed by atoms with Crippen LogP contribution in [0.3, 0.4) is 0 Å². The largest absolute Gasteiger partial charge is 0.350 e. The summed E-state index contributed by atoms with van der Waals surface area (Å²) < 4.78 is 3.57. The molecule has 3 heterocycles. The zero-order valence-corrected chi connectivity index (χ0v) is 15.4. The van der Waals surface area contributed by atoms with Gasteiger partial charge in [-0.15, -0.1) is 5.10 Å². The van der Waals surface area contributed by atoms with Gasteiger partial charge in [0.1, 0.15) is 0 Å². The lowest BCUT2D eigenvalue weighted by molar-refractivity contribution is -0.120. The number of aromatic nitrogens is 6. The Kier molecular flexibility index (Phi) is 4.18. The lowest BCUT2D eigenvalue weighted by atomic mass is 9.96. The molecule has 0 aromatic carbocycles. The third kappa shape index (κ3) is 3.07. The monoisotopic (exact) mass is 353 g/mol. The summed E-state index contributed by atoms with van der Waals surface area (Å²) in [6, 6.07) is 1.94. The van der Waals surface area contributed by atoms with Crippen molar-refractivity contribution in [2.24, 2.45) is 7.05 Å². The Balaban J connectivity index is 1.45. The molecular weight excluding hydrogens is 330 g/mol. The van der Waals surface area contributed by atoms with Crippen molar-refractivity contribution in [2.75, 3.05) is 0 Å². The molecule has 0 saturated carbocycles. The summed E-state index contributed by atoms with van der Waals surface area (Å²) in [5.74, 6) is 0.919. The number of hydrogen-bond acceptors (Lipinski definition) is 5. The van der Waals surface area contributed by atoms with E-state index in [0.717, 1.165) is 29.9 Å². The van der Waals surface area contributed by atoms with Crippen molar-refractivity contribution < 1.29 is 4.79 Å². The number of nitrogens with one attached hydrogen (secondary N) is 1. The number of carbonyl (C=O) groups excluding carboxylic acids is 1. The molecule has 1 amide bonds. The molecular formula is C18H23N7O. The van der Waals surface area contributed by atoms with Crippen LogP contribution < -0.4 is 5.32 Å². The quantitative estimate of drug-likeness (QED) is 0.761. The zero-order chi connectivity index (χ0) is 18.3. The first-order valence-corrected chi connectivity index (χ1v) is 9.01. The molecule has 8 heteroatoms. The lowest BCUT2D eigenvalue weighted by Gasteiger charge is -2.11. The standard InChI is InChI=1S/C18H23N7O/c1-11-8-12(2)25-18(20-11)21-16(23-25)9-17(26)19-10-15-13-6-4-5-7-14(13)22-24(15)3/h8H,4-7,9-10H2,1-3H3,(H,19,26). The van der Waals surface area contributed by atoms with Gasteiger partial charge in [-0.25, -0.2) is 9.50 Å². The second-order valence-electron chi connectivity index (χ2n) is 6.93. The Bertz CT molecular complexity index is 985. The molecule has 1 aliphatic rings. The van der Waals surface area contributed by atoms with Crippen LogP contribution >= 0.6 is 0 Å². The van der Waals surface area contributed by atoms with Crippen LogP contribution in [0.5, 0.6) is 0 Å². The van der Waals surface area contributed by atoms with E-state index >= 15 is 0 Å². The average Bonchev–Trinajstić information content (AvgIpc) is 3.13. The van der Waals surface area contributed by atoms with Crippen LogP contribution in [0.4, 0.5) is 0 Å². The van der Waals surface area contributed by atoms with E-state index in [0.29, 0.717) is 18.1 Å². The minimum Gasteiger partial charge on any atom is -0.350 e. The number of aryl methyl sites for hydroxylation is 4. The first-order chi connectivity index (χ1) is 12.5. The van der Waals surface area contributed by atoms with Gasteiger partial charge in [0.25, 0.3) is 5.78 Å². The van der Waals surface area contributed by atoms with Crippen molar-refractivity contribution in [1.29, 1.82) is 0 Å². The molecule has 0 spiro atoms. The SMILES string of the molecule is Cc1cc(C)n2nc(CC(=O)NCc3c4c(nn3C)CCCC4)nc2n1. The maximum Gasteiger partial charge on any atom is 0.252 e. The fourth-order valence-electron chi connectivity index (χ4n) is 3.64. The maximum absolute atomic E-state index is 12.4. The third-order valence-electron chi connectivity index (χ3n) is 4.88. The van der Waals surface area contributed by atoms with Crippen LogP contribution in [0.25, 0.3) is 5.78 Å². The van der Waals surface area contributed by atoms with Gasteiger partial charge >= 0.3 is 0 Å². The van der Waals surface area contributed by atoms with Crippen molar-refractivity contribution in [1.82, 2.24) is 34.7 Å². The van der Waals surface area contributed by atoms with Gasteiger partial charge in [-0.1, -0.05) is 0 Å². The average molecular weight is 353 g/mol. The van der Waals surface area contributed by atoms with E-state index < -0.39 is 0 Å². The van der Waals surface area contributed by atoms with Crippen molar-refractivity contribution in [3.63, 3.8) is 0 Å². The number of fused-ring (bicyclic) bond motifs is 2. The Morgan fingerprint density at radius 3 is 2.85 bits per heavy atom. The molecule has 0 unspecified atom stereocenters. The van der Waals surface area contributed by atoms with Crippen LogP contribution in [0.1, 0.15) is 47.0 Å². The first kappa shape index (κ1) is 16.7. The Hall–Kier alpha value is -2.77. The van der Waals surface area contributed by atoms with Crippen molar-refractivity contribution in [3.05, 3.63) is 40.2 Å². The highest BCUT2D eigenvalue weighted by Crippen LogP contribution is 2.23. The molecule has 1 aliphatic carbocycles. The topological polar surface area (TPSA) is 90.0 Å². The molecule has 0 radical (unpaired) electrons. The van der Waals surface area contributed by atoms with Crippen molar-refractivity contribution >= 4 is 11.7 Å². The summed E-state index contributed by atoms with van der Waals surface area (Å²) in [6.45, 7) is 4.36. The summed E-state index contributed by atoms with van der Waals surface area (Å²) in [6.07, 6.45) is 4.61. The van der Waals surface area contributed by atoms with Gasteiger partial charge in [-0.2, -0.15) is 10.1 Å². The normalized spacial score (nSPS) is 13.8. The van der Waals surface area contributed by atoms with Gasteiger partial charge in [0.2, 0.25) is 5.91 Å². The van der Waals surface area contributed by atoms with Crippen molar-refractivity contribution in [3.8, 4) is 0 Å². The van der Waals surface area contributed by atoms with Gasteiger partial charge in [-0.05, 0) is 51.2 Å². The molecule has 8 nitrogen and oxygen atoms in total. The number of carbonyl (C=O) groups is 1. The van der Waals surface area contributed by atoms with Gasteiger partial charge in [0, 0.05) is 18.4 Å². The number of amides is 1. The molecule has 4 rings (SSSR count). The van der Waals surface area contributed by atoms with E-state index in [9.17, 15) is 4.79 Å². The Morgan fingerprint density at radius 2 is 2.00 bits per heavy atom. The number of hydrogen-bond donors (Lipinski definition) is 1. The van der Waals surface area contributed by atoms with Gasteiger partial charge in [0.15, 0.2) is 5.82 Å². The zero-order valence-electron chi connectivity index (χ0n) is 15.4. The third-order valence-corrected chi connectivity index (χ3v) is 4.88. The lowest BCUT2D eigenvalue weighted by Crippen LogP contribution is -2.26. The summed E-state index contributed by atoms with van der Waals surface area (Å²) >= 11 is 0. The maximum atomic E-state index is 12.4. The van der Waals surface area contributed by atoms with Gasteiger partial charge < -0.3 is 5.32 Å². The highest BCUT2D eigenvalue weighted by Gasteiger charge is 2.20. The van der Waals surface area contributed by atoms with Crippen LogP contribution in [0, 0.1) is 13.8 Å². The van der Waals surface area contributed by atoms with Crippen molar-refractivity contribution in [2.45, 2.75) is 52.5 Å². The second kappa shape index (κ2) is 6.51. The van der Waals surface area contributed by atoms with E-state index in [2.05, 4.69) is 25.5 Å². The highest BCUT2D eigenvalue weighted by atomic mass is 16.1. The highest BCUT2D eigenvalue weighted by molar-refractivity contribution is 5.77. The van der Waals surface area contributed by atoms with Crippen LogP contribution in [0.2, 0.25) is 0 Å². The molecule has 1 N–H and O–H groups in total. The summed E-state index contributed by atoms with van der Waals surface area (Å²) in [5, 5.41) is 12.0. The Labute approximate surface area is 151 Å². The molecule has 0 bridgehead atoms. The minimum absolute atomic E-state index is 0.0963. The van der Waals surface area contributed by atoms with Gasteiger partial charge in [-0.3, -0.25) is 9.48 Å². The molecule has 0 saturated heterocycles. The molecule has 136 valence electrons. The minimum atomic E-state index is -0.0963. The van der Waals surface area contributed by atoms with Crippen LogP contribution in [-0.2, 0) is 37.6 Å². The summed E-state index contributed by atoms with van der Waals surface area (Å²) in [4.78, 5) is 21.1. The van der Waals surface area contributed by atoms with Crippen LogP contribution in [-0.4, -0.2) is 35.3 Å². The molecule has 26 heavy (non-hydrogen) atoms. The van der Waals surface area contributed by atoms with E-state index in [1.807, 2.05) is 31.6 Å². The van der Waals surface area contributed by atoms with Gasteiger partial charge in [0.05, 0.1) is 24.4 Å². The predicted molar refractivity (Wildman–Crippen MR) is 95.7 cm³/mol. The molecule has 3 aromatic heterocycles. The summed E-state index contributed by atoms with van der Waals surface area (Å²) in [7, 11) is 1.94. The fourth-order valence-corrected chi connectivity index (χ4v) is 3.64.